The van der Waals surface area contributed by atoms with Gasteiger partial charge in [-0.3, -0.25) is 14.4 Å². The number of esters is 3. The van der Waals surface area contributed by atoms with E-state index < -0.39 is 6.10 Å². The van der Waals surface area contributed by atoms with E-state index in [9.17, 15) is 14.4 Å². The van der Waals surface area contributed by atoms with E-state index in [0.29, 0.717) is 19.3 Å². The molecular formula is C57H100O6. The Balaban J connectivity index is 4.40. The molecule has 0 aliphatic heterocycles. The monoisotopic (exact) mass is 881 g/mol. The predicted molar refractivity (Wildman–Crippen MR) is 270 cm³/mol. The third-order valence-electron chi connectivity index (χ3n) is 11.4. The van der Waals surface area contributed by atoms with Crippen molar-refractivity contribution in [1.29, 1.82) is 0 Å². The maximum atomic E-state index is 12.8. The van der Waals surface area contributed by atoms with Crippen LogP contribution in [0.2, 0.25) is 0 Å². The van der Waals surface area contributed by atoms with Gasteiger partial charge in [-0.05, 0) is 103 Å². The summed E-state index contributed by atoms with van der Waals surface area (Å²) >= 11 is 0. The highest BCUT2D eigenvalue weighted by atomic mass is 16.6. The Morgan fingerprint density at radius 2 is 0.603 bits per heavy atom. The van der Waals surface area contributed by atoms with E-state index in [4.69, 9.17) is 14.2 Å². The molecule has 0 radical (unpaired) electrons. The predicted octanol–water partition coefficient (Wildman–Crippen LogP) is 17.6. The van der Waals surface area contributed by atoms with Crippen molar-refractivity contribution in [3.8, 4) is 0 Å². The number of hydrogen-bond donors (Lipinski definition) is 0. The van der Waals surface area contributed by atoms with Crippen LogP contribution < -0.4 is 0 Å². The Labute approximate surface area is 390 Å². The van der Waals surface area contributed by atoms with Gasteiger partial charge in [0.25, 0.3) is 0 Å². The topological polar surface area (TPSA) is 78.9 Å². The summed E-state index contributed by atoms with van der Waals surface area (Å²) in [6.45, 7) is 6.53. The molecule has 0 aliphatic carbocycles. The van der Waals surface area contributed by atoms with Gasteiger partial charge in [0.05, 0.1) is 0 Å². The van der Waals surface area contributed by atoms with Crippen LogP contribution in [-0.4, -0.2) is 37.2 Å². The normalized spacial score (nSPS) is 12.5. The van der Waals surface area contributed by atoms with Crippen LogP contribution >= 0.6 is 0 Å². The second-order valence-corrected chi connectivity index (χ2v) is 17.8. The molecule has 0 heterocycles. The minimum Gasteiger partial charge on any atom is -0.462 e. The maximum Gasteiger partial charge on any atom is 0.306 e. The van der Waals surface area contributed by atoms with Crippen molar-refractivity contribution in [2.75, 3.05) is 13.2 Å². The van der Waals surface area contributed by atoms with Gasteiger partial charge in [0.15, 0.2) is 6.10 Å². The fourth-order valence-corrected chi connectivity index (χ4v) is 7.39. The van der Waals surface area contributed by atoms with Crippen molar-refractivity contribution in [2.24, 2.45) is 0 Å². The van der Waals surface area contributed by atoms with E-state index in [0.717, 1.165) is 109 Å². The van der Waals surface area contributed by atoms with Crippen LogP contribution in [0.25, 0.3) is 0 Å². The largest absolute Gasteiger partial charge is 0.462 e. The molecule has 0 rings (SSSR count). The van der Waals surface area contributed by atoms with Crippen molar-refractivity contribution in [3.63, 3.8) is 0 Å². The minimum absolute atomic E-state index is 0.0859. The number of ether oxygens (including phenoxy) is 3. The highest BCUT2D eigenvalue weighted by molar-refractivity contribution is 5.71. The molecule has 0 amide bonds. The van der Waals surface area contributed by atoms with E-state index in [1.807, 2.05) is 0 Å². The Bertz CT molecular complexity index is 1150. The lowest BCUT2D eigenvalue weighted by molar-refractivity contribution is -0.167. The molecule has 1 atom stereocenters. The molecule has 0 bridgehead atoms. The second kappa shape index (κ2) is 51.7. The van der Waals surface area contributed by atoms with Crippen LogP contribution in [0.1, 0.15) is 265 Å². The van der Waals surface area contributed by atoms with Crippen molar-refractivity contribution in [1.82, 2.24) is 0 Å². The van der Waals surface area contributed by atoms with Gasteiger partial charge in [-0.25, -0.2) is 0 Å². The summed E-state index contributed by atoms with van der Waals surface area (Å²) in [6.07, 6.45) is 63.4. The number of rotatable bonds is 48. The Hall–Kier alpha value is -2.89. The summed E-state index contributed by atoms with van der Waals surface area (Å²) in [4.78, 5) is 38.0. The molecule has 0 aromatic heterocycles. The lowest BCUT2D eigenvalue weighted by Gasteiger charge is -2.18. The molecule has 0 aromatic carbocycles. The van der Waals surface area contributed by atoms with E-state index in [1.165, 1.54) is 116 Å². The molecule has 364 valence electrons. The molecule has 63 heavy (non-hydrogen) atoms. The zero-order valence-electron chi connectivity index (χ0n) is 41.6. The molecule has 0 saturated heterocycles. The fraction of sp³-hybridized carbons (Fsp3) is 0.772. The van der Waals surface area contributed by atoms with Crippen LogP contribution in [0.5, 0.6) is 0 Å². The van der Waals surface area contributed by atoms with Gasteiger partial charge in [0, 0.05) is 19.3 Å². The van der Waals surface area contributed by atoms with Crippen molar-refractivity contribution < 1.29 is 28.6 Å². The third kappa shape index (κ3) is 50.0. The third-order valence-corrected chi connectivity index (χ3v) is 11.4. The van der Waals surface area contributed by atoms with E-state index in [2.05, 4.69) is 81.5 Å². The zero-order valence-corrected chi connectivity index (χ0v) is 41.6. The zero-order chi connectivity index (χ0) is 45.8. The highest BCUT2D eigenvalue weighted by Gasteiger charge is 2.19. The molecule has 0 aliphatic rings. The summed E-state index contributed by atoms with van der Waals surface area (Å²) in [5, 5.41) is 0. The Morgan fingerprint density at radius 1 is 0.317 bits per heavy atom. The lowest BCUT2D eigenvalue weighted by Crippen LogP contribution is -2.30. The van der Waals surface area contributed by atoms with Crippen LogP contribution in [0.3, 0.4) is 0 Å². The fourth-order valence-electron chi connectivity index (χ4n) is 7.39. The molecule has 0 spiro atoms. The molecule has 6 heteroatoms. The molecule has 0 N–H and O–H groups in total. The molecule has 0 aromatic rings. The average molecular weight is 881 g/mol. The molecule has 0 fully saturated rings. The average Bonchev–Trinajstić information content (AvgIpc) is 3.28. The summed E-state index contributed by atoms with van der Waals surface area (Å²) in [7, 11) is 0. The van der Waals surface area contributed by atoms with E-state index in [-0.39, 0.29) is 31.1 Å². The van der Waals surface area contributed by atoms with Crippen LogP contribution in [0.4, 0.5) is 0 Å². The summed E-state index contributed by atoms with van der Waals surface area (Å²) in [5.41, 5.74) is 0. The second-order valence-electron chi connectivity index (χ2n) is 17.8. The van der Waals surface area contributed by atoms with E-state index >= 15 is 0 Å². The van der Waals surface area contributed by atoms with Crippen LogP contribution in [0, 0.1) is 0 Å². The highest BCUT2D eigenvalue weighted by Crippen LogP contribution is 2.14. The van der Waals surface area contributed by atoms with Crippen molar-refractivity contribution >= 4 is 17.9 Å². The lowest BCUT2D eigenvalue weighted by atomic mass is 10.1. The van der Waals surface area contributed by atoms with Crippen LogP contribution in [-0.2, 0) is 28.6 Å². The van der Waals surface area contributed by atoms with Gasteiger partial charge in [-0.15, -0.1) is 0 Å². The smallest absolute Gasteiger partial charge is 0.306 e. The van der Waals surface area contributed by atoms with Gasteiger partial charge in [-0.1, -0.05) is 204 Å². The molecule has 1 unspecified atom stereocenters. The Kier molecular flexibility index (Phi) is 49.4. The number of carbonyl (C=O) groups is 3. The number of allylic oxidation sites excluding steroid dienone is 10. The standard InChI is InChI=1S/C57H100O6/c1-4-7-10-13-16-19-22-25-27-28-29-30-33-35-38-41-44-47-50-56(59)62-53-54(52-61-55(58)49-46-43-40-37-34-31-24-21-18-15-12-9-6-3)63-57(60)51-48-45-42-39-36-32-26-23-20-17-14-11-8-5-2/h12,15,19,21-24,26-28,54H,4-11,13-14,16-18,20,25,29-53H2,1-3H3/b15-12-,22-19-,24-21-,26-23-,28-27-. The van der Waals surface area contributed by atoms with Gasteiger partial charge < -0.3 is 14.2 Å². The van der Waals surface area contributed by atoms with E-state index in [1.54, 1.807) is 0 Å². The first-order valence-corrected chi connectivity index (χ1v) is 26.8. The molecule has 6 nitrogen and oxygen atoms in total. The molecule has 0 saturated carbocycles. The quantitative estimate of drug-likeness (QED) is 0.0262. The first-order valence-electron chi connectivity index (χ1n) is 26.8. The van der Waals surface area contributed by atoms with Gasteiger partial charge in [-0.2, -0.15) is 0 Å². The SMILES string of the molecule is CCC/C=C\C/C=C\CCCCCCCC(=O)OCC(COC(=O)CCCCCCCCC/C=C\C/C=C\CCCCCC)OC(=O)CCCCCCC/C=C\CCCCCCC. The van der Waals surface area contributed by atoms with Gasteiger partial charge in [0.1, 0.15) is 13.2 Å². The number of unbranched alkanes of at least 4 members (excludes halogenated alkanes) is 27. The maximum absolute atomic E-state index is 12.8. The Morgan fingerprint density at radius 3 is 0.968 bits per heavy atom. The van der Waals surface area contributed by atoms with Crippen molar-refractivity contribution in [3.05, 3.63) is 60.8 Å². The first kappa shape index (κ1) is 60.1. The summed E-state index contributed by atoms with van der Waals surface area (Å²) < 4.78 is 16.8. The van der Waals surface area contributed by atoms with Crippen molar-refractivity contribution in [2.45, 2.75) is 271 Å². The summed E-state index contributed by atoms with van der Waals surface area (Å²) in [6, 6.07) is 0. The number of carbonyl (C=O) groups excluding carboxylic acids is 3. The molecular weight excluding hydrogens is 781 g/mol. The van der Waals surface area contributed by atoms with Crippen LogP contribution in [0.15, 0.2) is 60.8 Å². The number of hydrogen-bond acceptors (Lipinski definition) is 6. The summed E-state index contributed by atoms with van der Waals surface area (Å²) in [5.74, 6) is -0.911. The van der Waals surface area contributed by atoms with Gasteiger partial charge >= 0.3 is 17.9 Å². The van der Waals surface area contributed by atoms with Gasteiger partial charge in [0.2, 0.25) is 0 Å². The minimum atomic E-state index is -0.786. The first-order chi connectivity index (χ1) is 31.0.